The fourth-order valence-electron chi connectivity index (χ4n) is 2.23. The van der Waals surface area contributed by atoms with E-state index in [0.717, 1.165) is 6.92 Å². The van der Waals surface area contributed by atoms with Gasteiger partial charge in [-0.25, -0.2) is 0 Å². The Morgan fingerprint density at radius 1 is 0.630 bits per heavy atom. The van der Waals surface area contributed by atoms with Gasteiger partial charge in [-0.15, -0.1) is 0 Å². The molecule has 2 unspecified atom stereocenters. The third-order valence-electron chi connectivity index (χ3n) is 3.86. The fraction of sp³-hybridized carbons (Fsp3) is 1.00. The second-order valence-corrected chi connectivity index (χ2v) is 7.34. The molecular weight excluding hydrogens is 530 g/mol. The van der Waals surface area contributed by atoms with Gasteiger partial charge in [0, 0.05) is 9.84 Å². The molecule has 0 bridgehead atoms. The molecule has 0 fully saturated rings. The van der Waals surface area contributed by atoms with Crippen LogP contribution in [-0.4, -0.2) is 39.7 Å². The molecule has 0 saturated heterocycles. The van der Waals surface area contributed by atoms with E-state index in [-0.39, 0.29) is 12.8 Å². The highest BCUT2D eigenvalue weighted by molar-refractivity contribution is 14.1. The van der Waals surface area contributed by atoms with Gasteiger partial charge >= 0.3 is 35.8 Å². The zero-order valence-electron chi connectivity index (χ0n) is 13.6. The van der Waals surface area contributed by atoms with Crippen LogP contribution in [0, 0.1) is 5.92 Å². The van der Waals surface area contributed by atoms with Gasteiger partial charge in [0.05, 0.1) is 0 Å². The first-order chi connectivity index (χ1) is 11.7. The van der Waals surface area contributed by atoms with Crippen LogP contribution in [0.2, 0.25) is 0 Å². The molecule has 0 saturated carbocycles. The number of hydrogen-bond donors (Lipinski definition) is 0. The third-order valence-corrected chi connectivity index (χ3v) is 5.36. The lowest BCUT2D eigenvalue weighted by Gasteiger charge is -2.42. The first-order valence-electron chi connectivity index (χ1n) is 7.28. The lowest BCUT2D eigenvalue weighted by atomic mass is 9.83. The Balaban J connectivity index is 6.37. The summed E-state index contributed by atoms with van der Waals surface area (Å²) in [4.78, 5) is 0. The Bertz CT molecular complexity index is 497. The third kappa shape index (κ3) is 4.09. The maximum absolute atomic E-state index is 14.1. The normalized spacial score (nSPS) is 17.8. The van der Waals surface area contributed by atoms with Crippen molar-refractivity contribution in [1.82, 2.24) is 0 Å². The van der Waals surface area contributed by atoms with Crippen molar-refractivity contribution in [3.05, 3.63) is 0 Å². The van der Waals surface area contributed by atoms with E-state index < -0.39 is 52.1 Å². The van der Waals surface area contributed by atoms with Gasteiger partial charge in [-0.3, -0.25) is 0 Å². The predicted octanol–water partition coefficient (Wildman–Crippen LogP) is 7.36. The van der Waals surface area contributed by atoms with E-state index >= 15 is 0 Å². The van der Waals surface area contributed by atoms with E-state index in [1.54, 1.807) is 0 Å². The van der Waals surface area contributed by atoms with Gasteiger partial charge in [0.15, 0.2) is 0 Å². The van der Waals surface area contributed by atoms with E-state index in [1.807, 2.05) is 0 Å². The SMILES string of the molecule is CCCC(I)C(CC)C(F)(F)C(F)(F)C(F)(F)C(F)(F)C(F)(F)C(F)(F)F. The first-order valence-corrected chi connectivity index (χ1v) is 8.52. The van der Waals surface area contributed by atoms with Crippen LogP contribution in [-0.2, 0) is 0 Å². The average Bonchev–Trinajstić information content (AvgIpc) is 2.45. The monoisotopic (exact) mass is 544 g/mol. The van der Waals surface area contributed by atoms with E-state index in [0.29, 0.717) is 0 Å². The number of hydrogen-bond acceptors (Lipinski definition) is 0. The Labute approximate surface area is 159 Å². The molecule has 164 valence electrons. The smallest absolute Gasteiger partial charge is 0.199 e. The molecule has 0 spiro atoms. The maximum atomic E-state index is 14.1. The molecular formula is C13H14F13I. The minimum atomic E-state index is -7.84. The molecule has 14 heteroatoms. The van der Waals surface area contributed by atoms with Crippen LogP contribution in [0.3, 0.4) is 0 Å². The van der Waals surface area contributed by atoms with Gasteiger partial charge in [-0.2, -0.15) is 57.1 Å². The molecule has 0 radical (unpaired) electrons. The fourth-order valence-corrected chi connectivity index (χ4v) is 3.81. The molecule has 0 nitrogen and oxygen atoms in total. The lowest BCUT2D eigenvalue weighted by Crippen LogP contribution is -2.71. The van der Waals surface area contributed by atoms with Crippen molar-refractivity contribution in [1.29, 1.82) is 0 Å². The van der Waals surface area contributed by atoms with Crippen LogP contribution in [0.1, 0.15) is 33.1 Å². The summed E-state index contributed by atoms with van der Waals surface area (Å²) < 4.78 is 169. The largest absolute Gasteiger partial charge is 0.460 e. The highest BCUT2D eigenvalue weighted by Gasteiger charge is 2.91. The molecule has 0 aromatic rings. The summed E-state index contributed by atoms with van der Waals surface area (Å²) in [5.41, 5.74) is 0. The molecule has 0 aliphatic carbocycles. The molecule has 27 heavy (non-hydrogen) atoms. The van der Waals surface area contributed by atoms with Gasteiger partial charge in [-0.1, -0.05) is 42.9 Å². The van der Waals surface area contributed by atoms with Crippen molar-refractivity contribution in [2.24, 2.45) is 5.92 Å². The molecule has 0 N–H and O–H groups in total. The van der Waals surface area contributed by atoms with Crippen molar-refractivity contribution in [3.63, 3.8) is 0 Å². The van der Waals surface area contributed by atoms with Crippen molar-refractivity contribution in [3.8, 4) is 0 Å². The number of alkyl halides is 14. The standard InChI is InChI=1S/C13H14F13I/c1-3-5-7(27)6(4-2)8(14,15)9(16,17)10(18,19)11(20,21)12(22,23)13(24,25)26/h6-7H,3-5H2,1-2H3. The van der Waals surface area contributed by atoms with E-state index in [1.165, 1.54) is 29.5 Å². The molecule has 0 rings (SSSR count). The molecule has 0 aliphatic heterocycles. The van der Waals surface area contributed by atoms with Crippen molar-refractivity contribution >= 4 is 22.6 Å². The molecule has 0 heterocycles. The topological polar surface area (TPSA) is 0 Å². The van der Waals surface area contributed by atoms with E-state index in [9.17, 15) is 57.1 Å². The van der Waals surface area contributed by atoms with Crippen molar-refractivity contribution in [2.45, 2.75) is 72.8 Å². The Hall–Kier alpha value is -0.180. The molecule has 2 atom stereocenters. The van der Waals surface area contributed by atoms with Gasteiger partial charge in [0.2, 0.25) is 0 Å². The highest BCUT2D eigenvalue weighted by atomic mass is 127. The summed E-state index contributed by atoms with van der Waals surface area (Å²) >= 11 is 1.17. The minimum Gasteiger partial charge on any atom is -0.199 e. The van der Waals surface area contributed by atoms with E-state index in [2.05, 4.69) is 0 Å². The second kappa shape index (κ2) is 7.92. The van der Waals surface area contributed by atoms with E-state index in [4.69, 9.17) is 0 Å². The molecule has 0 aromatic carbocycles. The van der Waals surface area contributed by atoms with Crippen molar-refractivity contribution < 1.29 is 57.1 Å². The predicted molar refractivity (Wildman–Crippen MR) is 77.3 cm³/mol. The average molecular weight is 544 g/mol. The number of rotatable bonds is 9. The zero-order chi connectivity index (χ0) is 22.3. The van der Waals surface area contributed by atoms with Crippen LogP contribution < -0.4 is 0 Å². The number of halogens is 14. The Morgan fingerprint density at radius 2 is 1.00 bits per heavy atom. The molecule has 0 aliphatic rings. The van der Waals surface area contributed by atoms with Gasteiger partial charge in [0.1, 0.15) is 0 Å². The van der Waals surface area contributed by atoms with Crippen LogP contribution in [0.4, 0.5) is 57.1 Å². The maximum Gasteiger partial charge on any atom is 0.460 e. The lowest BCUT2D eigenvalue weighted by molar-refractivity contribution is -0.443. The van der Waals surface area contributed by atoms with Crippen LogP contribution in [0.15, 0.2) is 0 Å². The minimum absolute atomic E-state index is 0.102. The molecule has 0 amide bonds. The van der Waals surface area contributed by atoms with Crippen LogP contribution in [0.5, 0.6) is 0 Å². The van der Waals surface area contributed by atoms with Gasteiger partial charge in [-0.05, 0) is 12.8 Å². The Morgan fingerprint density at radius 3 is 1.30 bits per heavy atom. The first kappa shape index (κ1) is 26.8. The zero-order valence-corrected chi connectivity index (χ0v) is 15.7. The summed E-state index contributed by atoms with van der Waals surface area (Å²) in [5.74, 6) is -39.1. The summed E-state index contributed by atoms with van der Waals surface area (Å²) in [7, 11) is 0. The Kier molecular flexibility index (Phi) is 7.87. The summed E-state index contributed by atoms with van der Waals surface area (Å²) in [6, 6.07) is 0. The second-order valence-electron chi connectivity index (χ2n) is 5.74. The summed E-state index contributed by atoms with van der Waals surface area (Å²) in [6.45, 7) is 2.23. The van der Waals surface area contributed by atoms with Crippen LogP contribution >= 0.6 is 22.6 Å². The summed E-state index contributed by atoms with van der Waals surface area (Å²) in [5, 5.41) is 0. The van der Waals surface area contributed by atoms with Gasteiger partial charge in [0.25, 0.3) is 0 Å². The quantitative estimate of drug-likeness (QED) is 0.162. The van der Waals surface area contributed by atoms with Gasteiger partial charge < -0.3 is 0 Å². The highest BCUT2D eigenvalue weighted by Crippen LogP contribution is 2.62. The summed E-state index contributed by atoms with van der Waals surface area (Å²) in [6.07, 6.45) is -8.48. The van der Waals surface area contributed by atoms with Crippen LogP contribution in [0.25, 0.3) is 0 Å². The van der Waals surface area contributed by atoms with Crippen molar-refractivity contribution in [2.75, 3.05) is 0 Å². The molecule has 0 aromatic heterocycles.